The van der Waals surface area contributed by atoms with E-state index in [0.29, 0.717) is 25.3 Å². The van der Waals surface area contributed by atoms with E-state index in [4.69, 9.17) is 0 Å². The molecule has 6 heteroatoms. The molecule has 2 rings (SSSR count). The molecule has 0 atom stereocenters. The van der Waals surface area contributed by atoms with E-state index < -0.39 is 0 Å². The van der Waals surface area contributed by atoms with E-state index in [1.165, 1.54) is 0 Å². The van der Waals surface area contributed by atoms with Gasteiger partial charge in [-0.05, 0) is 14.1 Å². The molecule has 1 aliphatic heterocycles. The molecule has 0 unspecified atom stereocenters. The maximum atomic E-state index is 12.0. The fraction of sp³-hybridized carbons (Fsp3) is 0.462. The van der Waals surface area contributed by atoms with Gasteiger partial charge in [-0.2, -0.15) is 0 Å². The first-order valence-electron chi connectivity index (χ1n) is 6.21. The Morgan fingerprint density at radius 3 is 2.95 bits per heavy atom. The third-order valence-corrected chi connectivity index (χ3v) is 3.06. The second-order valence-corrected chi connectivity index (χ2v) is 4.79. The normalized spacial score (nSPS) is 15.0. The Balaban J connectivity index is 2.00. The van der Waals surface area contributed by atoms with Gasteiger partial charge in [-0.25, -0.2) is 4.98 Å². The van der Waals surface area contributed by atoms with E-state index in [9.17, 15) is 9.59 Å². The molecule has 0 spiro atoms. The largest absolute Gasteiger partial charge is 0.330 e. The highest BCUT2D eigenvalue weighted by Crippen LogP contribution is 2.13. The smallest absolute Gasteiger partial charge is 0.246 e. The van der Waals surface area contributed by atoms with Crippen LogP contribution in [0.2, 0.25) is 0 Å². The molecule has 1 aliphatic rings. The molecule has 0 saturated carbocycles. The van der Waals surface area contributed by atoms with Crippen LogP contribution in [0.5, 0.6) is 0 Å². The van der Waals surface area contributed by atoms with Crippen molar-refractivity contribution in [3.05, 3.63) is 29.9 Å². The van der Waals surface area contributed by atoms with Gasteiger partial charge in [-0.1, -0.05) is 6.08 Å². The number of hydrogen-bond acceptors (Lipinski definition) is 4. The van der Waals surface area contributed by atoms with Gasteiger partial charge in [0.05, 0.1) is 12.7 Å². The zero-order valence-corrected chi connectivity index (χ0v) is 11.2. The predicted molar refractivity (Wildman–Crippen MR) is 70.7 cm³/mol. The molecule has 0 bridgehead atoms. The minimum atomic E-state index is -0.0104. The highest BCUT2D eigenvalue weighted by Gasteiger charge is 2.21. The average molecular weight is 262 g/mol. The Hall–Kier alpha value is -1.95. The number of carbonyl (C=O) groups is 2. The Bertz CT molecular complexity index is 505. The van der Waals surface area contributed by atoms with Crippen molar-refractivity contribution < 1.29 is 9.59 Å². The average Bonchev–Trinajstić information content (AvgIpc) is 2.80. The van der Waals surface area contributed by atoms with Crippen molar-refractivity contribution in [1.82, 2.24) is 19.4 Å². The molecule has 19 heavy (non-hydrogen) atoms. The Labute approximate surface area is 112 Å². The van der Waals surface area contributed by atoms with Gasteiger partial charge < -0.3 is 14.4 Å². The Morgan fingerprint density at radius 1 is 1.47 bits per heavy atom. The van der Waals surface area contributed by atoms with E-state index in [2.05, 4.69) is 4.98 Å². The molecule has 0 aliphatic carbocycles. The SMILES string of the molecule is CN(C)C/C=C/C(=O)N1CCn2c(C=O)cnc2C1. The first-order valence-corrected chi connectivity index (χ1v) is 6.21. The Morgan fingerprint density at radius 2 is 2.26 bits per heavy atom. The van der Waals surface area contributed by atoms with Gasteiger partial charge in [0.25, 0.3) is 0 Å². The minimum Gasteiger partial charge on any atom is -0.330 e. The first-order chi connectivity index (χ1) is 9.11. The monoisotopic (exact) mass is 262 g/mol. The molecule has 102 valence electrons. The van der Waals surface area contributed by atoms with Crippen molar-refractivity contribution in [3.63, 3.8) is 0 Å². The number of fused-ring (bicyclic) bond motifs is 1. The molecule has 0 fully saturated rings. The lowest BCUT2D eigenvalue weighted by Gasteiger charge is -2.27. The molecule has 2 heterocycles. The lowest BCUT2D eigenvalue weighted by molar-refractivity contribution is -0.127. The summed E-state index contributed by atoms with van der Waals surface area (Å²) >= 11 is 0. The number of aldehydes is 1. The number of likely N-dealkylation sites (N-methyl/N-ethyl adjacent to an activating group) is 1. The Kier molecular flexibility index (Phi) is 4.11. The van der Waals surface area contributed by atoms with Gasteiger partial charge in [0.1, 0.15) is 11.5 Å². The van der Waals surface area contributed by atoms with Gasteiger partial charge in [0, 0.05) is 25.7 Å². The topological polar surface area (TPSA) is 58.4 Å². The minimum absolute atomic E-state index is 0.0104. The van der Waals surface area contributed by atoms with E-state index in [-0.39, 0.29) is 5.91 Å². The summed E-state index contributed by atoms with van der Waals surface area (Å²) in [5.41, 5.74) is 0.574. The van der Waals surface area contributed by atoms with Gasteiger partial charge in [-0.15, -0.1) is 0 Å². The quantitative estimate of drug-likeness (QED) is 0.573. The lowest BCUT2D eigenvalue weighted by atomic mass is 10.3. The second kappa shape index (κ2) is 5.79. The van der Waals surface area contributed by atoms with Crippen LogP contribution >= 0.6 is 0 Å². The maximum Gasteiger partial charge on any atom is 0.246 e. The van der Waals surface area contributed by atoms with Crippen molar-refractivity contribution in [1.29, 1.82) is 0 Å². The number of hydrogen-bond donors (Lipinski definition) is 0. The zero-order valence-electron chi connectivity index (χ0n) is 11.2. The van der Waals surface area contributed by atoms with Crippen LogP contribution in [0.1, 0.15) is 16.3 Å². The highest BCUT2D eigenvalue weighted by atomic mass is 16.2. The van der Waals surface area contributed by atoms with Crippen LogP contribution < -0.4 is 0 Å². The number of aromatic nitrogens is 2. The summed E-state index contributed by atoms with van der Waals surface area (Å²) in [6.07, 6.45) is 5.79. The van der Waals surface area contributed by atoms with Crippen LogP contribution in [-0.4, -0.2) is 58.7 Å². The van der Waals surface area contributed by atoms with Crippen LogP contribution in [-0.2, 0) is 17.9 Å². The summed E-state index contributed by atoms with van der Waals surface area (Å²) in [5, 5.41) is 0. The number of amides is 1. The molecule has 0 N–H and O–H groups in total. The molecule has 0 aromatic carbocycles. The number of rotatable bonds is 4. The first kappa shape index (κ1) is 13.5. The molecule has 0 radical (unpaired) electrons. The fourth-order valence-corrected chi connectivity index (χ4v) is 2.04. The highest BCUT2D eigenvalue weighted by molar-refractivity contribution is 5.87. The molecule has 1 aromatic rings. The summed E-state index contributed by atoms with van der Waals surface area (Å²) in [6, 6.07) is 0. The molecule has 6 nitrogen and oxygen atoms in total. The lowest BCUT2D eigenvalue weighted by Crippen LogP contribution is -2.38. The predicted octanol–water partition coefficient (Wildman–Crippen LogP) is 0.156. The number of imidazole rings is 1. The maximum absolute atomic E-state index is 12.0. The molecular weight excluding hydrogens is 244 g/mol. The van der Waals surface area contributed by atoms with Crippen LogP contribution in [0.25, 0.3) is 0 Å². The van der Waals surface area contributed by atoms with E-state index in [1.54, 1.807) is 17.2 Å². The summed E-state index contributed by atoms with van der Waals surface area (Å²) in [7, 11) is 3.90. The van der Waals surface area contributed by atoms with Crippen LogP contribution in [0.3, 0.4) is 0 Å². The van der Waals surface area contributed by atoms with E-state index in [0.717, 1.165) is 18.7 Å². The van der Waals surface area contributed by atoms with Crippen LogP contribution in [0, 0.1) is 0 Å². The van der Waals surface area contributed by atoms with E-state index in [1.807, 2.05) is 29.6 Å². The molecule has 1 amide bonds. The number of carbonyl (C=O) groups excluding carboxylic acids is 2. The molecule has 1 aromatic heterocycles. The van der Waals surface area contributed by atoms with Gasteiger partial charge >= 0.3 is 0 Å². The molecule has 0 saturated heterocycles. The number of nitrogens with zero attached hydrogens (tertiary/aromatic N) is 4. The van der Waals surface area contributed by atoms with E-state index >= 15 is 0 Å². The molecular formula is C13H18N4O2. The summed E-state index contributed by atoms with van der Waals surface area (Å²) in [6.45, 7) is 2.43. The van der Waals surface area contributed by atoms with Crippen molar-refractivity contribution in [2.75, 3.05) is 27.2 Å². The second-order valence-electron chi connectivity index (χ2n) is 4.79. The fourth-order valence-electron chi connectivity index (χ4n) is 2.04. The third kappa shape index (κ3) is 3.08. The van der Waals surface area contributed by atoms with Gasteiger partial charge in [0.2, 0.25) is 5.91 Å². The van der Waals surface area contributed by atoms with Crippen molar-refractivity contribution in [2.24, 2.45) is 0 Å². The zero-order chi connectivity index (χ0) is 13.8. The standard InChI is InChI=1S/C13H18N4O2/c1-15(2)5-3-4-13(19)16-6-7-17-11(10-18)8-14-12(17)9-16/h3-4,8,10H,5-7,9H2,1-2H3/b4-3+. The summed E-state index contributed by atoms with van der Waals surface area (Å²) in [4.78, 5) is 30.7. The summed E-state index contributed by atoms with van der Waals surface area (Å²) < 4.78 is 1.86. The van der Waals surface area contributed by atoms with Gasteiger partial charge in [-0.3, -0.25) is 9.59 Å². The van der Waals surface area contributed by atoms with Crippen LogP contribution in [0.4, 0.5) is 0 Å². The third-order valence-electron chi connectivity index (χ3n) is 3.06. The van der Waals surface area contributed by atoms with Crippen molar-refractivity contribution >= 4 is 12.2 Å². The van der Waals surface area contributed by atoms with Gasteiger partial charge in [0.15, 0.2) is 6.29 Å². The van der Waals surface area contributed by atoms with Crippen molar-refractivity contribution in [2.45, 2.75) is 13.1 Å². The van der Waals surface area contributed by atoms with Crippen LogP contribution in [0.15, 0.2) is 18.3 Å². The summed E-state index contributed by atoms with van der Waals surface area (Å²) in [5.74, 6) is 0.756. The van der Waals surface area contributed by atoms with Crippen molar-refractivity contribution in [3.8, 4) is 0 Å².